The quantitative estimate of drug-likeness (QED) is 0.190. The molecule has 0 unspecified atom stereocenters. The van der Waals surface area contributed by atoms with E-state index in [0.29, 0.717) is 29.1 Å². The average molecular weight is 623 g/mol. The number of anilines is 1. The van der Waals surface area contributed by atoms with Crippen LogP contribution in [-0.2, 0) is 13.0 Å². The van der Waals surface area contributed by atoms with Gasteiger partial charge < -0.3 is 21.1 Å². The molecule has 0 fully saturated rings. The molecule has 1 aliphatic rings. The Balaban J connectivity index is 1.35. The zero-order chi connectivity index (χ0) is 31.7. The van der Waals surface area contributed by atoms with Gasteiger partial charge in [-0.2, -0.15) is 5.10 Å². The Morgan fingerprint density at radius 1 is 0.956 bits per heavy atom. The zero-order valence-corrected chi connectivity index (χ0v) is 24.8. The number of benzene rings is 3. The summed E-state index contributed by atoms with van der Waals surface area (Å²) in [5.74, 6) is -2.67. The van der Waals surface area contributed by atoms with Gasteiger partial charge in [0, 0.05) is 12.6 Å². The smallest absolute Gasteiger partial charge is 0.335 e. The third-order valence-corrected chi connectivity index (χ3v) is 8.16. The maximum atomic E-state index is 13.8. The first kappa shape index (κ1) is 29.5. The van der Waals surface area contributed by atoms with Gasteiger partial charge in [0.15, 0.2) is 5.65 Å². The minimum Gasteiger partial charge on any atom is -0.478 e. The van der Waals surface area contributed by atoms with Crippen molar-refractivity contribution in [2.75, 3.05) is 5.32 Å². The van der Waals surface area contributed by atoms with E-state index in [-0.39, 0.29) is 34.7 Å². The topological polar surface area (TPSA) is 155 Å². The number of para-hydroxylation sites is 1. The van der Waals surface area contributed by atoms with Gasteiger partial charge in [0.2, 0.25) is 0 Å². The van der Waals surface area contributed by atoms with Crippen LogP contribution < -0.4 is 16.0 Å². The highest BCUT2D eigenvalue weighted by atomic mass is 35.5. The van der Waals surface area contributed by atoms with Crippen molar-refractivity contribution in [3.05, 3.63) is 129 Å². The van der Waals surface area contributed by atoms with E-state index < -0.39 is 29.7 Å². The average Bonchev–Trinajstić information content (AvgIpc) is 3.66. The van der Waals surface area contributed by atoms with Gasteiger partial charge in [0.25, 0.3) is 17.7 Å². The second-order valence-electron chi connectivity index (χ2n) is 10.6. The molecular weight excluding hydrogens is 596 g/mol. The van der Waals surface area contributed by atoms with Crippen LogP contribution in [0, 0.1) is 6.92 Å². The minimum absolute atomic E-state index is 0.00540. The molecule has 226 valence electrons. The maximum Gasteiger partial charge on any atom is 0.335 e. The summed E-state index contributed by atoms with van der Waals surface area (Å²) >= 11 is 6.23. The minimum atomic E-state index is -1.01. The number of carboxylic acid groups (broad SMARTS) is 1. The predicted molar refractivity (Wildman–Crippen MR) is 167 cm³/mol. The van der Waals surface area contributed by atoms with Gasteiger partial charge in [-0.3, -0.25) is 14.4 Å². The standard InChI is InChI=1S/C33H27ClN6O5/c1-18-20-13-14-25(22(20)12-11-21(18)33(44)45)38-32(43)28-15-27(31(42)35-16-19-7-3-2-4-8-19)37-29-23(17-36-40(28)29)30(41)39-26-10-6-5-9-24(26)34/h2-12,15,17,25H,13-14,16H2,1H3,(H,35,42)(H,38,43)(H,39,41)(H,44,45)/t25-/m0/s1. The Bertz CT molecular complexity index is 1990. The molecule has 3 amide bonds. The van der Waals surface area contributed by atoms with Crippen molar-refractivity contribution in [1.29, 1.82) is 0 Å². The third-order valence-electron chi connectivity index (χ3n) is 7.83. The van der Waals surface area contributed by atoms with Gasteiger partial charge in [0.05, 0.1) is 28.5 Å². The SMILES string of the molecule is Cc1c(C(=O)O)ccc2c1CC[C@@H]2NC(=O)c1cc(C(=O)NCc2ccccc2)nc2c(C(=O)Nc3ccccc3Cl)cnn12. The number of fused-ring (bicyclic) bond motifs is 2. The molecule has 0 aliphatic heterocycles. The fraction of sp³-hybridized carbons (Fsp3) is 0.152. The number of hydrogen-bond donors (Lipinski definition) is 4. The van der Waals surface area contributed by atoms with E-state index in [9.17, 15) is 24.3 Å². The highest BCUT2D eigenvalue weighted by Crippen LogP contribution is 2.35. The van der Waals surface area contributed by atoms with Crippen LogP contribution in [0.25, 0.3) is 5.65 Å². The van der Waals surface area contributed by atoms with Crippen molar-refractivity contribution in [3.8, 4) is 0 Å². The Labute approximate surface area is 262 Å². The number of nitrogens with one attached hydrogen (secondary N) is 3. The molecule has 0 bridgehead atoms. The first-order chi connectivity index (χ1) is 21.7. The number of carbonyl (C=O) groups is 4. The molecule has 1 aliphatic carbocycles. The van der Waals surface area contributed by atoms with E-state index in [1.54, 1.807) is 37.3 Å². The maximum absolute atomic E-state index is 13.8. The summed E-state index contributed by atoms with van der Waals surface area (Å²) in [7, 11) is 0. The number of hydrogen-bond acceptors (Lipinski definition) is 6. The lowest BCUT2D eigenvalue weighted by atomic mass is 9.98. The van der Waals surface area contributed by atoms with Crippen LogP contribution in [0.15, 0.2) is 79.0 Å². The first-order valence-electron chi connectivity index (χ1n) is 14.1. The molecular formula is C33H27ClN6O5. The molecule has 2 aromatic heterocycles. The lowest BCUT2D eigenvalue weighted by Gasteiger charge is -2.16. The highest BCUT2D eigenvalue weighted by Gasteiger charge is 2.29. The van der Waals surface area contributed by atoms with E-state index in [1.807, 2.05) is 30.3 Å². The lowest BCUT2D eigenvalue weighted by Crippen LogP contribution is -2.31. The Hall–Kier alpha value is -5.55. The van der Waals surface area contributed by atoms with Crippen molar-refractivity contribution in [3.63, 3.8) is 0 Å². The largest absolute Gasteiger partial charge is 0.478 e. The Morgan fingerprint density at radius 3 is 2.47 bits per heavy atom. The van der Waals surface area contributed by atoms with Gasteiger partial charge in [-0.15, -0.1) is 0 Å². The van der Waals surface area contributed by atoms with Crippen molar-refractivity contribution in [1.82, 2.24) is 25.2 Å². The summed E-state index contributed by atoms with van der Waals surface area (Å²) in [6.07, 6.45) is 2.44. The van der Waals surface area contributed by atoms with Crippen LogP contribution in [0.4, 0.5) is 5.69 Å². The molecule has 0 radical (unpaired) electrons. The number of rotatable bonds is 8. The molecule has 2 heterocycles. The van der Waals surface area contributed by atoms with Crippen molar-refractivity contribution in [2.24, 2.45) is 0 Å². The summed E-state index contributed by atoms with van der Waals surface area (Å²) in [5.41, 5.74) is 3.81. The summed E-state index contributed by atoms with van der Waals surface area (Å²) in [6.45, 7) is 1.99. The molecule has 1 atom stereocenters. The normalized spacial score (nSPS) is 13.7. The molecule has 0 saturated heterocycles. The van der Waals surface area contributed by atoms with E-state index in [2.05, 4.69) is 26.0 Å². The molecule has 11 nitrogen and oxygen atoms in total. The number of amides is 3. The van der Waals surface area contributed by atoms with Gasteiger partial charge in [-0.05, 0) is 60.2 Å². The van der Waals surface area contributed by atoms with Crippen LogP contribution >= 0.6 is 11.6 Å². The lowest BCUT2D eigenvalue weighted by molar-refractivity contribution is 0.0695. The second kappa shape index (κ2) is 12.2. The van der Waals surface area contributed by atoms with Gasteiger partial charge in [0.1, 0.15) is 17.0 Å². The van der Waals surface area contributed by atoms with Crippen molar-refractivity contribution >= 4 is 46.6 Å². The van der Waals surface area contributed by atoms with Gasteiger partial charge in [-0.1, -0.05) is 60.1 Å². The van der Waals surface area contributed by atoms with E-state index >= 15 is 0 Å². The van der Waals surface area contributed by atoms with Crippen LogP contribution in [0.2, 0.25) is 5.02 Å². The molecule has 0 saturated carbocycles. The molecule has 0 spiro atoms. The van der Waals surface area contributed by atoms with E-state index in [4.69, 9.17) is 11.6 Å². The molecule has 12 heteroatoms. The van der Waals surface area contributed by atoms with E-state index in [1.165, 1.54) is 22.8 Å². The fourth-order valence-electron chi connectivity index (χ4n) is 5.52. The van der Waals surface area contributed by atoms with Crippen molar-refractivity contribution < 1.29 is 24.3 Å². The molecule has 3 aromatic carbocycles. The van der Waals surface area contributed by atoms with Gasteiger partial charge >= 0.3 is 5.97 Å². The molecule has 4 N–H and O–H groups in total. The highest BCUT2D eigenvalue weighted by molar-refractivity contribution is 6.34. The van der Waals surface area contributed by atoms with Crippen LogP contribution in [0.5, 0.6) is 0 Å². The fourth-order valence-corrected chi connectivity index (χ4v) is 5.70. The number of aromatic nitrogens is 3. The zero-order valence-electron chi connectivity index (χ0n) is 24.0. The Kier molecular flexibility index (Phi) is 8.01. The second-order valence-corrected chi connectivity index (χ2v) is 11.0. The number of carbonyl (C=O) groups excluding carboxylic acids is 3. The number of carboxylic acids is 1. The number of aromatic carboxylic acids is 1. The summed E-state index contributed by atoms with van der Waals surface area (Å²) in [5, 5.41) is 22.7. The molecule has 5 aromatic rings. The monoisotopic (exact) mass is 622 g/mol. The van der Waals surface area contributed by atoms with Gasteiger partial charge in [-0.25, -0.2) is 14.3 Å². The van der Waals surface area contributed by atoms with E-state index in [0.717, 1.165) is 16.7 Å². The summed E-state index contributed by atoms with van der Waals surface area (Å²) in [4.78, 5) is 56.5. The molecule has 45 heavy (non-hydrogen) atoms. The summed E-state index contributed by atoms with van der Waals surface area (Å²) in [6, 6.07) is 20.2. The number of halogens is 1. The first-order valence-corrected chi connectivity index (χ1v) is 14.5. The third kappa shape index (κ3) is 5.85. The van der Waals surface area contributed by atoms with Crippen LogP contribution in [-0.4, -0.2) is 43.4 Å². The predicted octanol–water partition coefficient (Wildman–Crippen LogP) is 4.99. The van der Waals surface area contributed by atoms with Crippen LogP contribution in [0.3, 0.4) is 0 Å². The van der Waals surface area contributed by atoms with Crippen LogP contribution in [0.1, 0.15) is 76.4 Å². The molecule has 6 rings (SSSR count). The number of nitrogens with zero attached hydrogens (tertiary/aromatic N) is 3. The van der Waals surface area contributed by atoms with Crippen molar-refractivity contribution in [2.45, 2.75) is 32.4 Å². The Morgan fingerprint density at radius 2 is 1.71 bits per heavy atom. The summed E-state index contributed by atoms with van der Waals surface area (Å²) < 4.78 is 1.22.